The van der Waals surface area contributed by atoms with Crippen LogP contribution in [0.4, 0.5) is 6.01 Å². The number of nitrogens with one attached hydrogen (secondary N) is 1. The van der Waals surface area contributed by atoms with E-state index in [4.69, 9.17) is 9.52 Å². The molecule has 2 N–H and O–H groups in total. The fraction of sp³-hybridized carbons (Fsp3) is 0.636. The molecule has 1 aliphatic rings. The lowest BCUT2D eigenvalue weighted by atomic mass is 9.97. The summed E-state index contributed by atoms with van der Waals surface area (Å²) in [6, 6.07) is 0.293. The minimum atomic E-state index is -1.07. The van der Waals surface area contributed by atoms with E-state index in [2.05, 4.69) is 22.2 Å². The van der Waals surface area contributed by atoms with Crippen molar-refractivity contribution in [1.82, 2.24) is 9.88 Å². The third kappa shape index (κ3) is 3.20. The number of carbonyl (C=O) groups is 1. The Hall–Kier alpha value is -1.56. The molecule has 1 aliphatic heterocycles. The van der Waals surface area contributed by atoms with E-state index in [0.717, 1.165) is 38.7 Å². The molecule has 0 unspecified atom stereocenters. The molecule has 2 heterocycles. The number of hydrogen-bond acceptors (Lipinski definition) is 5. The minimum Gasteiger partial charge on any atom is -0.476 e. The first-order valence-corrected chi connectivity index (χ1v) is 5.76. The number of nitrogens with zero attached hydrogens (tertiary/aromatic N) is 2. The standard InChI is InChI=1S/C11H17N3O3/c1-14-4-2-8(3-5-14)6-12-11-13-9(7-17-11)10(15)16/h7-8H,2-6H2,1H3,(H,12,13)(H,15,16). The fourth-order valence-electron chi connectivity index (χ4n) is 1.95. The monoisotopic (exact) mass is 239 g/mol. The zero-order valence-electron chi connectivity index (χ0n) is 9.85. The Morgan fingerprint density at radius 3 is 2.94 bits per heavy atom. The second kappa shape index (κ2) is 5.18. The molecule has 1 saturated heterocycles. The van der Waals surface area contributed by atoms with Crippen LogP contribution in [0.2, 0.25) is 0 Å². The third-order valence-electron chi connectivity index (χ3n) is 3.10. The maximum Gasteiger partial charge on any atom is 0.357 e. The molecular formula is C11H17N3O3. The van der Waals surface area contributed by atoms with E-state index in [1.54, 1.807) is 0 Å². The van der Waals surface area contributed by atoms with Crippen molar-refractivity contribution in [2.24, 2.45) is 5.92 Å². The van der Waals surface area contributed by atoms with Crippen molar-refractivity contribution < 1.29 is 14.3 Å². The second-order valence-electron chi connectivity index (χ2n) is 4.47. The predicted octanol–water partition coefficient (Wildman–Crippen LogP) is 1.13. The first-order valence-electron chi connectivity index (χ1n) is 5.76. The number of oxazole rings is 1. The Balaban J connectivity index is 1.79. The lowest BCUT2D eigenvalue weighted by Gasteiger charge is -2.28. The van der Waals surface area contributed by atoms with Gasteiger partial charge >= 0.3 is 5.97 Å². The van der Waals surface area contributed by atoms with Gasteiger partial charge in [-0.15, -0.1) is 0 Å². The summed E-state index contributed by atoms with van der Waals surface area (Å²) < 4.78 is 5.02. The summed E-state index contributed by atoms with van der Waals surface area (Å²) in [5, 5.41) is 11.7. The van der Waals surface area contributed by atoms with Crippen LogP contribution in [0.3, 0.4) is 0 Å². The first kappa shape index (κ1) is 11.9. The Bertz CT molecular complexity index is 383. The van der Waals surface area contributed by atoms with Crippen molar-refractivity contribution in [1.29, 1.82) is 0 Å². The van der Waals surface area contributed by atoms with Crippen molar-refractivity contribution in [2.45, 2.75) is 12.8 Å². The number of aromatic nitrogens is 1. The van der Waals surface area contributed by atoms with Gasteiger partial charge in [-0.2, -0.15) is 4.98 Å². The molecule has 6 heteroatoms. The number of piperidine rings is 1. The number of aromatic carboxylic acids is 1. The number of carboxylic acids is 1. The zero-order chi connectivity index (χ0) is 12.3. The molecule has 1 aromatic heterocycles. The average Bonchev–Trinajstić information content (AvgIpc) is 2.77. The highest BCUT2D eigenvalue weighted by Gasteiger charge is 2.17. The van der Waals surface area contributed by atoms with Crippen LogP contribution in [0.15, 0.2) is 10.7 Å². The molecule has 0 aromatic carbocycles. The summed E-state index contributed by atoms with van der Waals surface area (Å²) in [6.45, 7) is 3.00. The summed E-state index contributed by atoms with van der Waals surface area (Å²) in [5.41, 5.74) is -0.0594. The second-order valence-corrected chi connectivity index (χ2v) is 4.47. The number of anilines is 1. The van der Waals surface area contributed by atoms with Gasteiger partial charge in [-0.3, -0.25) is 0 Å². The first-order chi connectivity index (χ1) is 8.15. The number of carboxylic acid groups (broad SMARTS) is 1. The van der Waals surface area contributed by atoms with Gasteiger partial charge in [0.2, 0.25) is 0 Å². The quantitative estimate of drug-likeness (QED) is 0.820. The SMILES string of the molecule is CN1CCC(CNc2nc(C(=O)O)co2)CC1. The van der Waals surface area contributed by atoms with E-state index < -0.39 is 5.97 Å². The molecular weight excluding hydrogens is 222 g/mol. The van der Waals surface area contributed by atoms with Gasteiger partial charge in [0.05, 0.1) is 0 Å². The van der Waals surface area contributed by atoms with E-state index in [-0.39, 0.29) is 5.69 Å². The predicted molar refractivity (Wildman–Crippen MR) is 62.2 cm³/mol. The van der Waals surface area contributed by atoms with Gasteiger partial charge in [0.25, 0.3) is 6.01 Å². The van der Waals surface area contributed by atoms with Crippen LogP contribution in [0.5, 0.6) is 0 Å². The maximum atomic E-state index is 10.6. The molecule has 0 bridgehead atoms. The Kier molecular flexibility index (Phi) is 3.63. The Morgan fingerprint density at radius 1 is 1.65 bits per heavy atom. The van der Waals surface area contributed by atoms with Crippen molar-refractivity contribution in [3.63, 3.8) is 0 Å². The van der Waals surface area contributed by atoms with Crippen molar-refractivity contribution in [3.05, 3.63) is 12.0 Å². The van der Waals surface area contributed by atoms with Gasteiger partial charge in [0.1, 0.15) is 6.26 Å². The number of rotatable bonds is 4. The van der Waals surface area contributed by atoms with Gasteiger partial charge in [-0.1, -0.05) is 0 Å². The summed E-state index contributed by atoms with van der Waals surface area (Å²) in [5.74, 6) is -0.465. The molecule has 0 saturated carbocycles. The molecule has 6 nitrogen and oxygen atoms in total. The molecule has 0 aliphatic carbocycles. The van der Waals surface area contributed by atoms with Gasteiger partial charge in [-0.25, -0.2) is 4.79 Å². The molecule has 0 spiro atoms. The normalized spacial score (nSPS) is 18.2. The van der Waals surface area contributed by atoms with E-state index in [9.17, 15) is 4.79 Å². The molecule has 94 valence electrons. The van der Waals surface area contributed by atoms with Crippen molar-refractivity contribution >= 4 is 12.0 Å². The van der Waals surface area contributed by atoms with Gasteiger partial charge in [0.15, 0.2) is 5.69 Å². The Morgan fingerprint density at radius 2 is 2.35 bits per heavy atom. The van der Waals surface area contributed by atoms with Crippen LogP contribution in [-0.4, -0.2) is 47.6 Å². The molecule has 1 aromatic rings. The van der Waals surface area contributed by atoms with Crippen LogP contribution in [0, 0.1) is 5.92 Å². The molecule has 1 fully saturated rings. The van der Waals surface area contributed by atoms with Crippen LogP contribution in [0.1, 0.15) is 23.3 Å². The average molecular weight is 239 g/mol. The van der Waals surface area contributed by atoms with Crippen molar-refractivity contribution in [2.75, 3.05) is 32.0 Å². The highest BCUT2D eigenvalue weighted by molar-refractivity contribution is 5.85. The fourth-order valence-corrected chi connectivity index (χ4v) is 1.95. The van der Waals surface area contributed by atoms with Crippen LogP contribution < -0.4 is 5.32 Å². The molecule has 0 radical (unpaired) electrons. The lowest BCUT2D eigenvalue weighted by Crippen LogP contribution is -2.32. The zero-order valence-corrected chi connectivity index (χ0v) is 9.85. The largest absolute Gasteiger partial charge is 0.476 e. The molecule has 17 heavy (non-hydrogen) atoms. The van der Waals surface area contributed by atoms with Crippen LogP contribution in [0.25, 0.3) is 0 Å². The van der Waals surface area contributed by atoms with Gasteiger partial charge in [0, 0.05) is 6.54 Å². The summed E-state index contributed by atoms with van der Waals surface area (Å²) in [6.07, 6.45) is 3.45. The van der Waals surface area contributed by atoms with Crippen LogP contribution in [-0.2, 0) is 0 Å². The number of likely N-dealkylation sites (tertiary alicyclic amines) is 1. The number of hydrogen-bond donors (Lipinski definition) is 2. The third-order valence-corrected chi connectivity index (χ3v) is 3.10. The van der Waals surface area contributed by atoms with Gasteiger partial charge in [-0.05, 0) is 38.9 Å². The van der Waals surface area contributed by atoms with Crippen LogP contribution >= 0.6 is 0 Å². The minimum absolute atomic E-state index is 0.0594. The van der Waals surface area contributed by atoms with E-state index >= 15 is 0 Å². The van der Waals surface area contributed by atoms with E-state index in [1.165, 1.54) is 0 Å². The summed E-state index contributed by atoms with van der Waals surface area (Å²) in [4.78, 5) is 16.7. The van der Waals surface area contributed by atoms with Crippen molar-refractivity contribution in [3.8, 4) is 0 Å². The smallest absolute Gasteiger partial charge is 0.357 e. The highest BCUT2D eigenvalue weighted by Crippen LogP contribution is 2.17. The molecule has 0 atom stereocenters. The molecule has 2 rings (SSSR count). The van der Waals surface area contributed by atoms with E-state index in [0.29, 0.717) is 11.9 Å². The maximum absolute atomic E-state index is 10.6. The van der Waals surface area contributed by atoms with Gasteiger partial charge < -0.3 is 19.7 Å². The summed E-state index contributed by atoms with van der Waals surface area (Å²) in [7, 11) is 2.12. The summed E-state index contributed by atoms with van der Waals surface area (Å²) >= 11 is 0. The highest BCUT2D eigenvalue weighted by atomic mass is 16.4. The molecule has 0 amide bonds. The lowest BCUT2D eigenvalue weighted by molar-refractivity contribution is 0.0690. The topological polar surface area (TPSA) is 78.6 Å². The van der Waals surface area contributed by atoms with E-state index in [1.807, 2.05) is 0 Å². The Labute approximate surface area is 99.6 Å².